The van der Waals surface area contributed by atoms with Crippen LogP contribution in [0.3, 0.4) is 0 Å². The summed E-state index contributed by atoms with van der Waals surface area (Å²) in [5.74, 6) is -2.67. The summed E-state index contributed by atoms with van der Waals surface area (Å²) >= 11 is 0. The molecule has 0 aromatic carbocycles. The number of carboxylic acid groups (broad SMARTS) is 1. The van der Waals surface area contributed by atoms with Crippen LogP contribution in [0.1, 0.15) is 54.4 Å². The Balaban J connectivity index is 4.94. The predicted octanol–water partition coefficient (Wildman–Crippen LogP) is -0.0153. The molecule has 9 heteroatoms. The summed E-state index contributed by atoms with van der Waals surface area (Å²) < 4.78 is 0. The van der Waals surface area contributed by atoms with Gasteiger partial charge in [-0.15, -0.1) is 0 Å². The predicted molar refractivity (Wildman–Crippen MR) is 102 cm³/mol. The van der Waals surface area contributed by atoms with Crippen molar-refractivity contribution in [1.29, 1.82) is 0 Å². The average molecular weight is 386 g/mol. The molecule has 0 aliphatic rings. The molecule has 9 nitrogen and oxygen atoms in total. The monoisotopic (exact) mass is 386 g/mol. The SMILES string of the molecule is CCC(C)C(N)C(=O)NC(C)C(=O)NC(CC(C)C)C(=O)NC(C)C(=O)O. The lowest BCUT2D eigenvalue weighted by Crippen LogP contribution is -2.56. The molecule has 0 aromatic heterocycles. The molecule has 6 N–H and O–H groups in total. The number of rotatable bonds is 11. The number of aliphatic carboxylic acids is 1. The van der Waals surface area contributed by atoms with Crippen LogP contribution in [0.15, 0.2) is 0 Å². The van der Waals surface area contributed by atoms with Gasteiger partial charge in [0.15, 0.2) is 0 Å². The zero-order chi connectivity index (χ0) is 21.3. The molecule has 5 unspecified atom stereocenters. The van der Waals surface area contributed by atoms with Gasteiger partial charge in [-0.05, 0) is 32.1 Å². The van der Waals surface area contributed by atoms with Crippen LogP contribution in [0.2, 0.25) is 0 Å². The van der Waals surface area contributed by atoms with Gasteiger partial charge < -0.3 is 26.8 Å². The number of carbonyl (C=O) groups is 4. The highest BCUT2D eigenvalue weighted by molar-refractivity contribution is 5.93. The van der Waals surface area contributed by atoms with E-state index in [1.807, 2.05) is 27.7 Å². The van der Waals surface area contributed by atoms with Crippen molar-refractivity contribution in [1.82, 2.24) is 16.0 Å². The smallest absolute Gasteiger partial charge is 0.325 e. The van der Waals surface area contributed by atoms with Crippen molar-refractivity contribution < 1.29 is 24.3 Å². The highest BCUT2D eigenvalue weighted by Gasteiger charge is 2.28. The van der Waals surface area contributed by atoms with Gasteiger partial charge in [0.25, 0.3) is 0 Å². The second-order valence-corrected chi connectivity index (χ2v) is 7.40. The number of hydrogen-bond donors (Lipinski definition) is 5. The Hall–Kier alpha value is -2.16. The van der Waals surface area contributed by atoms with Gasteiger partial charge >= 0.3 is 5.97 Å². The largest absolute Gasteiger partial charge is 0.480 e. The first-order chi connectivity index (χ1) is 12.4. The average Bonchev–Trinajstić information content (AvgIpc) is 2.58. The van der Waals surface area contributed by atoms with Gasteiger partial charge in [-0.25, -0.2) is 0 Å². The molecular formula is C18H34N4O5. The van der Waals surface area contributed by atoms with Gasteiger partial charge in [0.1, 0.15) is 18.1 Å². The third-order valence-corrected chi connectivity index (χ3v) is 4.38. The van der Waals surface area contributed by atoms with Crippen molar-refractivity contribution in [2.45, 2.75) is 78.6 Å². The Morgan fingerprint density at radius 1 is 0.852 bits per heavy atom. The van der Waals surface area contributed by atoms with E-state index in [4.69, 9.17) is 10.8 Å². The molecular weight excluding hydrogens is 352 g/mol. The van der Waals surface area contributed by atoms with Gasteiger partial charge in [-0.1, -0.05) is 34.1 Å². The maximum Gasteiger partial charge on any atom is 0.325 e. The van der Waals surface area contributed by atoms with E-state index < -0.39 is 47.9 Å². The lowest BCUT2D eigenvalue weighted by atomic mass is 9.99. The van der Waals surface area contributed by atoms with Gasteiger partial charge in [-0.3, -0.25) is 19.2 Å². The number of amides is 3. The molecule has 0 fully saturated rings. The van der Waals surface area contributed by atoms with Crippen molar-refractivity contribution in [3.05, 3.63) is 0 Å². The van der Waals surface area contributed by atoms with Crippen molar-refractivity contribution in [2.75, 3.05) is 0 Å². The molecule has 0 aromatic rings. The zero-order valence-electron chi connectivity index (χ0n) is 17.0. The minimum atomic E-state index is -1.17. The summed E-state index contributed by atoms with van der Waals surface area (Å²) in [4.78, 5) is 47.7. The van der Waals surface area contributed by atoms with E-state index >= 15 is 0 Å². The minimum absolute atomic E-state index is 0.0303. The van der Waals surface area contributed by atoms with E-state index in [-0.39, 0.29) is 11.8 Å². The molecule has 0 saturated carbocycles. The van der Waals surface area contributed by atoms with E-state index in [2.05, 4.69) is 16.0 Å². The number of carbonyl (C=O) groups excluding carboxylic acids is 3. The minimum Gasteiger partial charge on any atom is -0.480 e. The molecule has 0 saturated heterocycles. The molecule has 3 amide bonds. The Bertz CT molecular complexity index is 538. The summed E-state index contributed by atoms with van der Waals surface area (Å²) in [5.41, 5.74) is 5.85. The molecule has 5 atom stereocenters. The third-order valence-electron chi connectivity index (χ3n) is 4.38. The van der Waals surface area contributed by atoms with E-state index in [0.29, 0.717) is 6.42 Å². The van der Waals surface area contributed by atoms with Crippen molar-refractivity contribution in [3.8, 4) is 0 Å². The van der Waals surface area contributed by atoms with Gasteiger partial charge in [0.05, 0.1) is 6.04 Å². The number of nitrogens with one attached hydrogen (secondary N) is 3. The molecule has 156 valence electrons. The highest BCUT2D eigenvalue weighted by atomic mass is 16.4. The standard InChI is InChI=1S/C18H34N4O5/c1-7-10(4)14(19)17(25)20-11(5)15(23)22-13(8-9(2)3)16(24)21-12(6)18(26)27/h9-14H,7-8,19H2,1-6H3,(H,20,25)(H,21,24)(H,22,23)(H,26,27). The lowest BCUT2D eigenvalue weighted by molar-refractivity contribution is -0.141. The summed E-state index contributed by atoms with van der Waals surface area (Å²) in [7, 11) is 0. The molecule has 0 aliphatic carbocycles. The molecule has 0 spiro atoms. The Morgan fingerprint density at radius 2 is 1.37 bits per heavy atom. The third kappa shape index (κ3) is 8.85. The molecule has 0 radical (unpaired) electrons. The van der Waals surface area contributed by atoms with Crippen LogP contribution in [0.5, 0.6) is 0 Å². The van der Waals surface area contributed by atoms with Crippen LogP contribution < -0.4 is 21.7 Å². The van der Waals surface area contributed by atoms with E-state index in [0.717, 1.165) is 6.42 Å². The van der Waals surface area contributed by atoms with Crippen LogP contribution in [-0.2, 0) is 19.2 Å². The second-order valence-electron chi connectivity index (χ2n) is 7.40. The number of carboxylic acids is 1. The number of nitrogens with two attached hydrogens (primary N) is 1. The molecule has 0 bridgehead atoms. The van der Waals surface area contributed by atoms with Gasteiger partial charge in [-0.2, -0.15) is 0 Å². The molecule has 0 heterocycles. The fraction of sp³-hybridized carbons (Fsp3) is 0.778. The van der Waals surface area contributed by atoms with E-state index in [9.17, 15) is 19.2 Å². The van der Waals surface area contributed by atoms with Crippen molar-refractivity contribution >= 4 is 23.7 Å². The van der Waals surface area contributed by atoms with E-state index in [1.54, 1.807) is 0 Å². The van der Waals surface area contributed by atoms with Crippen LogP contribution in [0.25, 0.3) is 0 Å². The summed E-state index contributed by atoms with van der Waals surface area (Å²) in [6, 6.07) is -3.58. The first-order valence-electron chi connectivity index (χ1n) is 9.30. The van der Waals surface area contributed by atoms with Crippen LogP contribution >= 0.6 is 0 Å². The fourth-order valence-corrected chi connectivity index (χ4v) is 2.26. The van der Waals surface area contributed by atoms with Crippen LogP contribution in [0, 0.1) is 11.8 Å². The zero-order valence-corrected chi connectivity index (χ0v) is 17.0. The van der Waals surface area contributed by atoms with Crippen molar-refractivity contribution in [2.24, 2.45) is 17.6 Å². The summed E-state index contributed by atoms with van der Waals surface area (Å²) in [6.45, 7) is 10.4. The highest BCUT2D eigenvalue weighted by Crippen LogP contribution is 2.07. The van der Waals surface area contributed by atoms with Crippen LogP contribution in [-0.4, -0.2) is 53.0 Å². The first-order valence-corrected chi connectivity index (χ1v) is 9.30. The van der Waals surface area contributed by atoms with Gasteiger partial charge in [0, 0.05) is 0 Å². The van der Waals surface area contributed by atoms with E-state index in [1.165, 1.54) is 13.8 Å². The van der Waals surface area contributed by atoms with Gasteiger partial charge in [0.2, 0.25) is 17.7 Å². The number of hydrogen-bond acceptors (Lipinski definition) is 5. The quantitative estimate of drug-likeness (QED) is 0.337. The maximum atomic E-state index is 12.4. The topological polar surface area (TPSA) is 151 Å². The molecule has 27 heavy (non-hydrogen) atoms. The summed E-state index contributed by atoms with van der Waals surface area (Å²) in [5, 5.41) is 16.4. The Labute approximate surface area is 160 Å². The Morgan fingerprint density at radius 3 is 1.81 bits per heavy atom. The molecule has 0 aliphatic heterocycles. The first kappa shape index (κ1) is 24.8. The second kappa shape index (κ2) is 11.5. The lowest BCUT2D eigenvalue weighted by Gasteiger charge is -2.24. The van der Waals surface area contributed by atoms with Crippen molar-refractivity contribution in [3.63, 3.8) is 0 Å². The maximum absolute atomic E-state index is 12.4. The molecule has 0 rings (SSSR count). The summed E-state index contributed by atoms with van der Waals surface area (Å²) in [6.07, 6.45) is 1.06. The van der Waals surface area contributed by atoms with Crippen LogP contribution in [0.4, 0.5) is 0 Å². The fourth-order valence-electron chi connectivity index (χ4n) is 2.26. The Kier molecular flexibility index (Phi) is 10.6. The normalized spacial score (nSPS) is 16.6.